The first-order valence-electron chi connectivity index (χ1n) is 5.64. The number of nitriles is 1. The lowest BCUT2D eigenvalue weighted by molar-refractivity contribution is 0.376. The van der Waals surface area contributed by atoms with Gasteiger partial charge in [-0.25, -0.2) is 0 Å². The predicted molar refractivity (Wildman–Crippen MR) is 58.4 cm³/mol. The van der Waals surface area contributed by atoms with Gasteiger partial charge in [0.25, 0.3) is 0 Å². The van der Waals surface area contributed by atoms with Crippen molar-refractivity contribution in [2.45, 2.75) is 25.2 Å². The van der Waals surface area contributed by atoms with Gasteiger partial charge in [0.2, 0.25) is 0 Å². The second-order valence-electron chi connectivity index (χ2n) is 4.52. The van der Waals surface area contributed by atoms with Gasteiger partial charge in [-0.1, -0.05) is 18.2 Å². The van der Waals surface area contributed by atoms with Crippen LogP contribution in [0.4, 0.5) is 0 Å². The highest BCUT2D eigenvalue weighted by molar-refractivity contribution is 5.43. The van der Waals surface area contributed by atoms with Crippen molar-refractivity contribution in [3.8, 4) is 6.19 Å². The number of hydrogen-bond donors (Lipinski definition) is 0. The first-order chi connectivity index (χ1) is 7.38. The third-order valence-corrected chi connectivity index (χ3v) is 3.69. The monoisotopic (exact) mass is 198 g/mol. The molecule has 0 bridgehead atoms. The summed E-state index contributed by atoms with van der Waals surface area (Å²) < 4.78 is 0. The Bertz CT molecular complexity index is 431. The Morgan fingerprint density at radius 2 is 2.07 bits per heavy atom. The van der Waals surface area contributed by atoms with Crippen molar-refractivity contribution in [2.24, 2.45) is 0 Å². The average Bonchev–Trinajstić information content (AvgIpc) is 2.57. The second kappa shape index (κ2) is 3.27. The molecule has 0 fully saturated rings. The molecule has 1 aromatic carbocycles. The maximum atomic E-state index is 9.00. The molecule has 3 rings (SSSR count). The van der Waals surface area contributed by atoms with E-state index >= 15 is 0 Å². The average molecular weight is 198 g/mol. The van der Waals surface area contributed by atoms with E-state index in [1.54, 1.807) is 5.56 Å². The van der Waals surface area contributed by atoms with E-state index < -0.39 is 0 Å². The van der Waals surface area contributed by atoms with Crippen LogP contribution in [0.3, 0.4) is 0 Å². The van der Waals surface area contributed by atoms with Crippen LogP contribution in [0, 0.1) is 11.5 Å². The molecule has 2 heteroatoms. The van der Waals surface area contributed by atoms with Crippen LogP contribution in [0.2, 0.25) is 0 Å². The van der Waals surface area contributed by atoms with E-state index in [9.17, 15) is 0 Å². The lowest BCUT2D eigenvalue weighted by Gasteiger charge is -2.16. The maximum Gasteiger partial charge on any atom is 0.179 e. The van der Waals surface area contributed by atoms with E-state index in [1.165, 1.54) is 24.0 Å². The Kier molecular flexibility index (Phi) is 1.92. The molecule has 1 aliphatic heterocycles. The number of aryl methyl sites for hydroxylation is 1. The van der Waals surface area contributed by atoms with Crippen LogP contribution in [-0.4, -0.2) is 18.0 Å². The normalized spacial score (nSPS) is 23.1. The van der Waals surface area contributed by atoms with Crippen LogP contribution in [0.25, 0.3) is 0 Å². The molecule has 0 radical (unpaired) electrons. The van der Waals surface area contributed by atoms with E-state index in [1.807, 2.05) is 4.90 Å². The maximum absolute atomic E-state index is 9.00. The molecule has 1 aromatic rings. The van der Waals surface area contributed by atoms with Gasteiger partial charge >= 0.3 is 0 Å². The first kappa shape index (κ1) is 8.79. The summed E-state index contributed by atoms with van der Waals surface area (Å²) in [6.45, 7) is 1.82. The molecule has 1 unspecified atom stereocenters. The quantitative estimate of drug-likeness (QED) is 0.597. The van der Waals surface area contributed by atoms with E-state index in [4.69, 9.17) is 5.26 Å². The van der Waals surface area contributed by atoms with Gasteiger partial charge in [0, 0.05) is 19.0 Å². The van der Waals surface area contributed by atoms with Crippen LogP contribution >= 0.6 is 0 Å². The van der Waals surface area contributed by atoms with Crippen molar-refractivity contribution in [3.63, 3.8) is 0 Å². The Morgan fingerprint density at radius 3 is 2.87 bits per heavy atom. The Labute approximate surface area is 90.1 Å². The smallest absolute Gasteiger partial charge is 0.179 e. The summed E-state index contributed by atoms with van der Waals surface area (Å²) in [5.41, 5.74) is 4.57. The third-order valence-electron chi connectivity index (χ3n) is 3.69. The van der Waals surface area contributed by atoms with Crippen molar-refractivity contribution >= 4 is 0 Å². The van der Waals surface area contributed by atoms with Crippen LogP contribution in [-0.2, 0) is 12.8 Å². The summed E-state index contributed by atoms with van der Waals surface area (Å²) in [7, 11) is 0. The zero-order chi connectivity index (χ0) is 10.3. The second-order valence-corrected chi connectivity index (χ2v) is 4.52. The number of hydrogen-bond acceptors (Lipinski definition) is 2. The van der Waals surface area contributed by atoms with Crippen molar-refractivity contribution in [2.75, 3.05) is 13.1 Å². The molecule has 0 spiro atoms. The molecule has 0 saturated heterocycles. The minimum Gasteiger partial charge on any atom is -0.310 e. The van der Waals surface area contributed by atoms with Gasteiger partial charge in [-0.3, -0.25) is 0 Å². The summed E-state index contributed by atoms with van der Waals surface area (Å²) in [5.74, 6) is 0.610. The molecule has 0 N–H and O–H groups in total. The van der Waals surface area contributed by atoms with E-state index in [2.05, 4.69) is 24.4 Å². The molecule has 1 aliphatic carbocycles. The molecule has 2 aliphatic rings. The van der Waals surface area contributed by atoms with Gasteiger partial charge < -0.3 is 4.90 Å². The fraction of sp³-hybridized carbons (Fsp3) is 0.462. The van der Waals surface area contributed by atoms with Crippen LogP contribution in [0.1, 0.15) is 29.0 Å². The molecule has 15 heavy (non-hydrogen) atoms. The number of benzene rings is 1. The SMILES string of the molecule is N#CN1CCc2cccc3c2C(CC3)C1. The van der Waals surface area contributed by atoms with Crippen molar-refractivity contribution < 1.29 is 0 Å². The van der Waals surface area contributed by atoms with Crippen molar-refractivity contribution in [1.29, 1.82) is 5.26 Å². The van der Waals surface area contributed by atoms with Gasteiger partial charge in [0.1, 0.15) is 0 Å². The van der Waals surface area contributed by atoms with Crippen molar-refractivity contribution in [3.05, 3.63) is 34.9 Å². The Morgan fingerprint density at radius 1 is 1.27 bits per heavy atom. The van der Waals surface area contributed by atoms with E-state index in [0.29, 0.717) is 5.92 Å². The van der Waals surface area contributed by atoms with Gasteiger partial charge in [-0.2, -0.15) is 5.26 Å². The Hall–Kier alpha value is -1.49. The van der Waals surface area contributed by atoms with Gasteiger partial charge in [0.15, 0.2) is 6.19 Å². The highest BCUT2D eigenvalue weighted by Gasteiger charge is 2.28. The molecular weight excluding hydrogens is 184 g/mol. The molecular formula is C13H14N2. The van der Waals surface area contributed by atoms with Gasteiger partial charge in [0.05, 0.1) is 0 Å². The Balaban J connectivity index is 2.06. The largest absolute Gasteiger partial charge is 0.310 e. The topological polar surface area (TPSA) is 27.0 Å². The predicted octanol–water partition coefficient (Wildman–Crippen LogP) is 2.06. The van der Waals surface area contributed by atoms with E-state index in [-0.39, 0.29) is 0 Å². The molecule has 0 amide bonds. The fourth-order valence-corrected chi connectivity index (χ4v) is 2.99. The molecule has 76 valence electrons. The van der Waals surface area contributed by atoms with Gasteiger partial charge in [-0.15, -0.1) is 0 Å². The minimum atomic E-state index is 0.610. The number of rotatable bonds is 0. The molecule has 2 nitrogen and oxygen atoms in total. The molecule has 1 heterocycles. The highest BCUT2D eigenvalue weighted by atomic mass is 15.1. The first-order valence-corrected chi connectivity index (χ1v) is 5.64. The summed E-state index contributed by atoms with van der Waals surface area (Å²) >= 11 is 0. The van der Waals surface area contributed by atoms with Crippen LogP contribution in [0.15, 0.2) is 18.2 Å². The fourth-order valence-electron chi connectivity index (χ4n) is 2.99. The summed E-state index contributed by atoms with van der Waals surface area (Å²) in [4.78, 5) is 1.92. The molecule has 1 atom stereocenters. The lowest BCUT2D eigenvalue weighted by atomic mass is 9.95. The lowest BCUT2D eigenvalue weighted by Crippen LogP contribution is -2.22. The molecule has 0 aromatic heterocycles. The zero-order valence-electron chi connectivity index (χ0n) is 8.74. The summed E-state index contributed by atoms with van der Waals surface area (Å²) in [6.07, 6.45) is 5.76. The third kappa shape index (κ3) is 1.31. The minimum absolute atomic E-state index is 0.610. The summed E-state index contributed by atoms with van der Waals surface area (Å²) in [6, 6.07) is 6.65. The van der Waals surface area contributed by atoms with Gasteiger partial charge in [-0.05, 0) is 36.0 Å². The molecule has 0 saturated carbocycles. The van der Waals surface area contributed by atoms with E-state index in [0.717, 1.165) is 19.5 Å². The standard InChI is InChI=1S/C13H14N2/c14-9-15-7-6-11-3-1-2-10-4-5-12(8-15)13(10)11/h1-3,12H,4-8H2. The summed E-state index contributed by atoms with van der Waals surface area (Å²) in [5, 5.41) is 9.00. The van der Waals surface area contributed by atoms with Crippen molar-refractivity contribution in [1.82, 2.24) is 4.90 Å². The highest BCUT2D eigenvalue weighted by Crippen LogP contribution is 2.37. The van der Waals surface area contributed by atoms with Crippen LogP contribution in [0.5, 0.6) is 0 Å². The zero-order valence-corrected chi connectivity index (χ0v) is 8.74. The number of nitrogens with zero attached hydrogens (tertiary/aromatic N) is 2. The van der Waals surface area contributed by atoms with Crippen LogP contribution < -0.4 is 0 Å².